The molecule has 1 saturated heterocycles. The Kier molecular flexibility index (Phi) is 5.60. The number of nitrogens with one attached hydrogen (secondary N) is 3. The van der Waals surface area contributed by atoms with Gasteiger partial charge in [0.25, 0.3) is 5.91 Å². The molecule has 168 valence electrons. The van der Waals surface area contributed by atoms with Crippen LogP contribution >= 0.6 is 0 Å². The minimum atomic E-state index is -0.228. The van der Waals surface area contributed by atoms with Crippen molar-refractivity contribution >= 4 is 23.2 Å². The zero-order valence-electron chi connectivity index (χ0n) is 18.9. The number of nitrogens with zero attached hydrogens (tertiary/aromatic N) is 1. The number of carbonyl (C=O) groups is 2. The minimum absolute atomic E-state index is 0.0385. The lowest BCUT2D eigenvalue weighted by Gasteiger charge is -2.27. The monoisotopic (exact) mass is 440 g/mol. The normalized spacial score (nSPS) is 19.0. The molecule has 6 nitrogen and oxygen atoms in total. The highest BCUT2D eigenvalue weighted by Crippen LogP contribution is 2.40. The minimum Gasteiger partial charge on any atom is -0.384 e. The molecule has 2 aliphatic heterocycles. The Hall–Kier alpha value is -3.64. The SMILES string of the molecule is CCc1ccc(N2NC3c4cc(C(=O)NCc5ccc(C)cc5)ccc4NCC3C2=O)cc1. The van der Waals surface area contributed by atoms with Gasteiger partial charge >= 0.3 is 0 Å². The summed E-state index contributed by atoms with van der Waals surface area (Å²) < 4.78 is 0. The zero-order valence-corrected chi connectivity index (χ0v) is 18.9. The van der Waals surface area contributed by atoms with Crippen LogP contribution in [0.2, 0.25) is 0 Å². The fourth-order valence-electron chi connectivity index (χ4n) is 4.51. The average Bonchev–Trinajstić information content (AvgIpc) is 3.20. The van der Waals surface area contributed by atoms with Gasteiger partial charge in [0.2, 0.25) is 5.91 Å². The van der Waals surface area contributed by atoms with Crippen molar-refractivity contribution in [2.75, 3.05) is 16.9 Å². The topological polar surface area (TPSA) is 73.5 Å². The molecule has 0 aromatic heterocycles. The van der Waals surface area contributed by atoms with E-state index in [1.165, 1.54) is 11.1 Å². The first-order valence-electron chi connectivity index (χ1n) is 11.4. The van der Waals surface area contributed by atoms with E-state index in [0.717, 1.165) is 28.9 Å². The van der Waals surface area contributed by atoms with E-state index < -0.39 is 0 Å². The third-order valence-electron chi connectivity index (χ3n) is 6.55. The Bertz CT molecular complexity index is 1190. The summed E-state index contributed by atoms with van der Waals surface area (Å²) in [6.07, 6.45) is 0.957. The summed E-state index contributed by atoms with van der Waals surface area (Å²) in [5.41, 5.74) is 10.2. The number of hydrogen-bond donors (Lipinski definition) is 3. The summed E-state index contributed by atoms with van der Waals surface area (Å²) in [4.78, 5) is 26.0. The quantitative estimate of drug-likeness (QED) is 0.558. The van der Waals surface area contributed by atoms with Gasteiger partial charge in [-0.2, -0.15) is 0 Å². The summed E-state index contributed by atoms with van der Waals surface area (Å²) in [7, 11) is 0. The van der Waals surface area contributed by atoms with Gasteiger partial charge in [0.15, 0.2) is 0 Å². The van der Waals surface area contributed by atoms with Crippen molar-refractivity contribution in [1.29, 1.82) is 0 Å². The molecule has 0 aliphatic carbocycles. The Labute approximate surface area is 194 Å². The van der Waals surface area contributed by atoms with Crippen molar-refractivity contribution in [3.63, 3.8) is 0 Å². The Morgan fingerprint density at radius 3 is 2.48 bits per heavy atom. The van der Waals surface area contributed by atoms with Gasteiger partial charge in [-0.05, 0) is 60.4 Å². The van der Waals surface area contributed by atoms with E-state index in [0.29, 0.717) is 18.7 Å². The number of aryl methyl sites for hydroxylation is 2. The molecule has 2 unspecified atom stereocenters. The lowest BCUT2D eigenvalue weighted by molar-refractivity contribution is -0.120. The smallest absolute Gasteiger partial charge is 0.251 e. The molecule has 2 heterocycles. The number of anilines is 2. The Morgan fingerprint density at radius 1 is 1.03 bits per heavy atom. The predicted octanol–water partition coefficient (Wildman–Crippen LogP) is 4.12. The Morgan fingerprint density at radius 2 is 1.76 bits per heavy atom. The van der Waals surface area contributed by atoms with Crippen LogP contribution in [0.4, 0.5) is 11.4 Å². The second-order valence-corrected chi connectivity index (χ2v) is 8.76. The van der Waals surface area contributed by atoms with Crippen LogP contribution in [0.3, 0.4) is 0 Å². The molecule has 0 bridgehead atoms. The molecule has 2 atom stereocenters. The molecule has 3 aromatic rings. The zero-order chi connectivity index (χ0) is 22.9. The van der Waals surface area contributed by atoms with Crippen LogP contribution in [-0.4, -0.2) is 18.4 Å². The average molecular weight is 441 g/mol. The molecule has 0 saturated carbocycles. The van der Waals surface area contributed by atoms with E-state index in [1.807, 2.05) is 61.5 Å². The van der Waals surface area contributed by atoms with Gasteiger partial charge in [-0.3, -0.25) is 9.59 Å². The highest BCUT2D eigenvalue weighted by molar-refractivity contribution is 5.99. The number of benzene rings is 3. The summed E-state index contributed by atoms with van der Waals surface area (Å²) >= 11 is 0. The number of carbonyl (C=O) groups excluding carboxylic acids is 2. The van der Waals surface area contributed by atoms with Crippen LogP contribution in [-0.2, 0) is 17.8 Å². The third-order valence-corrected chi connectivity index (χ3v) is 6.55. The largest absolute Gasteiger partial charge is 0.384 e. The molecule has 6 heteroatoms. The third kappa shape index (κ3) is 4.10. The lowest BCUT2D eigenvalue weighted by Crippen LogP contribution is -2.35. The van der Waals surface area contributed by atoms with Crippen LogP contribution in [0.15, 0.2) is 66.7 Å². The van der Waals surface area contributed by atoms with Gasteiger partial charge < -0.3 is 10.6 Å². The molecule has 0 radical (unpaired) electrons. The molecule has 3 N–H and O–H groups in total. The van der Waals surface area contributed by atoms with Crippen molar-refractivity contribution in [2.45, 2.75) is 32.9 Å². The van der Waals surface area contributed by atoms with E-state index in [4.69, 9.17) is 0 Å². The summed E-state index contributed by atoms with van der Waals surface area (Å²) in [5, 5.41) is 8.01. The summed E-state index contributed by atoms with van der Waals surface area (Å²) in [6.45, 7) is 5.19. The number of hydrogen-bond acceptors (Lipinski definition) is 4. The van der Waals surface area contributed by atoms with E-state index in [9.17, 15) is 9.59 Å². The van der Waals surface area contributed by atoms with Gasteiger partial charge in [0, 0.05) is 24.3 Å². The Balaban J connectivity index is 1.35. The highest BCUT2D eigenvalue weighted by Gasteiger charge is 2.44. The van der Waals surface area contributed by atoms with Crippen molar-refractivity contribution in [3.05, 3.63) is 94.5 Å². The number of rotatable bonds is 5. The molecule has 2 amide bonds. The van der Waals surface area contributed by atoms with Crippen LogP contribution in [0.5, 0.6) is 0 Å². The highest BCUT2D eigenvalue weighted by atomic mass is 16.2. The molecule has 0 spiro atoms. The standard InChI is InChI=1S/C27H28N4O2/c1-3-18-8-11-21(12-9-18)31-27(33)23-16-28-24-13-10-20(14-22(24)25(23)30-31)26(32)29-15-19-6-4-17(2)5-7-19/h4-14,23,25,28,30H,3,15-16H2,1-2H3,(H,29,32). The van der Waals surface area contributed by atoms with Crippen LogP contribution in [0, 0.1) is 12.8 Å². The van der Waals surface area contributed by atoms with Crippen molar-refractivity contribution in [3.8, 4) is 0 Å². The molecule has 1 fully saturated rings. The fraction of sp³-hybridized carbons (Fsp3) is 0.259. The second-order valence-electron chi connectivity index (χ2n) is 8.76. The van der Waals surface area contributed by atoms with E-state index in [-0.39, 0.29) is 23.8 Å². The molecular weight excluding hydrogens is 412 g/mol. The summed E-state index contributed by atoms with van der Waals surface area (Å²) in [6, 6.07) is 21.6. The summed E-state index contributed by atoms with van der Waals surface area (Å²) in [5.74, 6) is -0.317. The molecule has 3 aromatic carbocycles. The maximum atomic E-state index is 13.2. The maximum absolute atomic E-state index is 13.2. The number of hydrazine groups is 1. The van der Waals surface area contributed by atoms with Crippen LogP contribution < -0.4 is 21.1 Å². The van der Waals surface area contributed by atoms with E-state index >= 15 is 0 Å². The van der Waals surface area contributed by atoms with Crippen molar-refractivity contribution < 1.29 is 9.59 Å². The maximum Gasteiger partial charge on any atom is 0.251 e. The second kappa shape index (κ2) is 8.71. The number of fused-ring (bicyclic) bond motifs is 3. The first-order valence-corrected chi connectivity index (χ1v) is 11.4. The van der Waals surface area contributed by atoms with Gasteiger partial charge in [-0.25, -0.2) is 10.4 Å². The number of amides is 2. The molecule has 2 aliphatic rings. The van der Waals surface area contributed by atoms with Crippen LogP contribution in [0.25, 0.3) is 0 Å². The van der Waals surface area contributed by atoms with E-state index in [2.05, 4.69) is 35.1 Å². The van der Waals surface area contributed by atoms with Gasteiger partial charge in [-0.1, -0.05) is 48.9 Å². The van der Waals surface area contributed by atoms with Crippen LogP contribution in [0.1, 0.15) is 45.6 Å². The van der Waals surface area contributed by atoms with Gasteiger partial charge in [-0.15, -0.1) is 0 Å². The first kappa shape index (κ1) is 21.2. The van der Waals surface area contributed by atoms with E-state index in [1.54, 1.807) is 5.01 Å². The van der Waals surface area contributed by atoms with Gasteiger partial charge in [0.05, 0.1) is 17.6 Å². The first-order chi connectivity index (χ1) is 16.0. The molecule has 33 heavy (non-hydrogen) atoms. The van der Waals surface area contributed by atoms with Crippen molar-refractivity contribution in [2.24, 2.45) is 5.92 Å². The molecular formula is C27H28N4O2. The van der Waals surface area contributed by atoms with Gasteiger partial charge in [0.1, 0.15) is 0 Å². The van der Waals surface area contributed by atoms with Crippen molar-refractivity contribution in [1.82, 2.24) is 10.7 Å². The molecule has 5 rings (SSSR count). The predicted molar refractivity (Wildman–Crippen MR) is 130 cm³/mol. The lowest BCUT2D eigenvalue weighted by atomic mass is 9.88. The fourth-order valence-corrected chi connectivity index (χ4v) is 4.51.